The van der Waals surface area contributed by atoms with Gasteiger partial charge in [-0.2, -0.15) is 4.31 Å². The number of hydrogen-bond donors (Lipinski definition) is 0. The summed E-state index contributed by atoms with van der Waals surface area (Å²) >= 11 is 5.96. The van der Waals surface area contributed by atoms with Crippen molar-refractivity contribution in [2.24, 2.45) is 0 Å². The Bertz CT molecular complexity index is 929. The Morgan fingerprint density at radius 3 is 2.27 bits per heavy atom. The van der Waals surface area contributed by atoms with Crippen molar-refractivity contribution in [2.45, 2.75) is 35.2 Å². The largest absolute Gasteiger partial charge is 0.458 e. The lowest BCUT2D eigenvalue weighted by Crippen LogP contribution is -2.41. The summed E-state index contributed by atoms with van der Waals surface area (Å²) < 4.78 is 57.6. The number of sulfonamides is 2. The van der Waals surface area contributed by atoms with Gasteiger partial charge in [-0.15, -0.1) is 0 Å². The van der Waals surface area contributed by atoms with E-state index in [4.69, 9.17) is 16.3 Å². The maximum atomic E-state index is 12.8. The summed E-state index contributed by atoms with van der Waals surface area (Å²) in [5, 5.41) is -0.0722. The molecular formula is C15H21ClN2O6S2. The van der Waals surface area contributed by atoms with Crippen LogP contribution in [0.3, 0.4) is 0 Å². The number of ether oxygens (including phenoxy) is 1. The zero-order valence-electron chi connectivity index (χ0n) is 14.9. The van der Waals surface area contributed by atoms with Crippen LogP contribution < -0.4 is 0 Å². The van der Waals surface area contributed by atoms with E-state index in [0.717, 1.165) is 14.7 Å². The summed E-state index contributed by atoms with van der Waals surface area (Å²) in [6.07, 6.45) is 0.642. The quantitative estimate of drug-likeness (QED) is 0.638. The first-order chi connectivity index (χ1) is 11.8. The maximum absolute atomic E-state index is 12.8. The number of nitrogens with zero attached hydrogens (tertiary/aromatic N) is 2. The molecule has 8 nitrogen and oxygen atoms in total. The summed E-state index contributed by atoms with van der Waals surface area (Å²) in [6, 6.07) is 3.51. The normalized spacial score (nSPS) is 21.4. The molecule has 1 heterocycles. The van der Waals surface area contributed by atoms with Crippen molar-refractivity contribution in [3.8, 4) is 0 Å². The van der Waals surface area contributed by atoms with Gasteiger partial charge < -0.3 is 4.74 Å². The number of benzene rings is 1. The van der Waals surface area contributed by atoms with E-state index in [1.165, 1.54) is 33.3 Å². The molecule has 2 rings (SSSR count). The molecule has 146 valence electrons. The van der Waals surface area contributed by atoms with Gasteiger partial charge in [0.25, 0.3) is 0 Å². The third-order valence-corrected chi connectivity index (χ3v) is 8.24. The smallest absolute Gasteiger partial charge is 0.306 e. The van der Waals surface area contributed by atoms with Crippen molar-refractivity contribution in [2.75, 3.05) is 27.7 Å². The molecule has 0 aromatic heterocycles. The van der Waals surface area contributed by atoms with Crippen molar-refractivity contribution >= 4 is 37.6 Å². The summed E-state index contributed by atoms with van der Waals surface area (Å²) in [5.41, 5.74) is -0.913. The van der Waals surface area contributed by atoms with Crippen molar-refractivity contribution in [1.82, 2.24) is 8.61 Å². The first-order valence-electron chi connectivity index (χ1n) is 7.70. The van der Waals surface area contributed by atoms with E-state index < -0.39 is 25.6 Å². The van der Waals surface area contributed by atoms with Crippen LogP contribution in [0.15, 0.2) is 28.0 Å². The van der Waals surface area contributed by atoms with Gasteiger partial charge in [0.05, 0.1) is 16.5 Å². The maximum Gasteiger partial charge on any atom is 0.306 e. The molecule has 1 aliphatic heterocycles. The zero-order valence-corrected chi connectivity index (χ0v) is 17.3. The monoisotopic (exact) mass is 424 g/mol. The minimum atomic E-state index is -4.01. The van der Waals surface area contributed by atoms with Crippen LogP contribution in [0.2, 0.25) is 5.02 Å². The van der Waals surface area contributed by atoms with Gasteiger partial charge in [0, 0.05) is 27.6 Å². The zero-order chi connectivity index (χ0) is 19.9. The number of likely N-dealkylation sites (N-methyl/N-ethyl adjacent to an activating group) is 1. The van der Waals surface area contributed by atoms with E-state index >= 15 is 0 Å². The highest BCUT2D eigenvalue weighted by Gasteiger charge is 2.39. The van der Waals surface area contributed by atoms with Crippen molar-refractivity contribution in [1.29, 1.82) is 0 Å². The molecule has 11 heteroatoms. The van der Waals surface area contributed by atoms with Gasteiger partial charge in [-0.3, -0.25) is 4.79 Å². The molecule has 1 saturated heterocycles. The third-order valence-electron chi connectivity index (χ3n) is 4.14. The Kier molecular flexibility index (Phi) is 5.75. The molecule has 1 aromatic rings. The predicted molar refractivity (Wildman–Crippen MR) is 95.9 cm³/mol. The number of halogens is 1. The Morgan fingerprint density at radius 1 is 1.15 bits per heavy atom. The molecule has 1 fully saturated rings. The lowest BCUT2D eigenvalue weighted by atomic mass is 10.0. The molecule has 0 N–H and O–H groups in total. The molecule has 1 unspecified atom stereocenters. The number of rotatable bonds is 6. The highest BCUT2D eigenvalue weighted by atomic mass is 35.5. The minimum Gasteiger partial charge on any atom is -0.458 e. The van der Waals surface area contributed by atoms with E-state index in [-0.39, 0.29) is 33.7 Å². The number of esters is 1. The Balaban J connectivity index is 2.39. The van der Waals surface area contributed by atoms with Crippen LogP contribution in [0.25, 0.3) is 0 Å². The van der Waals surface area contributed by atoms with Crippen molar-refractivity contribution < 1.29 is 26.4 Å². The second kappa shape index (κ2) is 7.08. The van der Waals surface area contributed by atoms with Crippen LogP contribution in [0, 0.1) is 0 Å². The molecule has 1 atom stereocenters. The second-order valence-corrected chi connectivity index (χ2v) is 11.1. The van der Waals surface area contributed by atoms with E-state index in [1.807, 2.05) is 0 Å². The van der Waals surface area contributed by atoms with Crippen LogP contribution in [-0.4, -0.2) is 64.7 Å². The average Bonchev–Trinajstić information content (AvgIpc) is 2.85. The number of cyclic esters (lactones) is 1. The van der Waals surface area contributed by atoms with E-state index in [0.29, 0.717) is 6.42 Å². The summed E-state index contributed by atoms with van der Waals surface area (Å²) in [5.74, 6) is -0.371. The highest BCUT2D eigenvalue weighted by Crippen LogP contribution is 2.31. The fourth-order valence-corrected chi connectivity index (χ4v) is 5.41. The molecular weight excluding hydrogens is 404 g/mol. The fourth-order valence-electron chi connectivity index (χ4n) is 2.63. The lowest BCUT2D eigenvalue weighted by Gasteiger charge is -2.28. The molecule has 0 radical (unpaired) electrons. The number of carbonyl (C=O) groups excluding carboxylic acids is 1. The molecule has 0 aliphatic carbocycles. The molecule has 0 spiro atoms. The van der Waals surface area contributed by atoms with Crippen LogP contribution >= 0.6 is 11.6 Å². The van der Waals surface area contributed by atoms with E-state index in [9.17, 15) is 21.6 Å². The minimum absolute atomic E-state index is 0.0422. The van der Waals surface area contributed by atoms with E-state index in [2.05, 4.69) is 0 Å². The number of hydrogen-bond acceptors (Lipinski definition) is 6. The molecule has 1 aromatic carbocycles. The molecule has 26 heavy (non-hydrogen) atoms. The van der Waals surface area contributed by atoms with Gasteiger partial charge in [-0.1, -0.05) is 11.6 Å². The average molecular weight is 425 g/mol. The van der Waals surface area contributed by atoms with Crippen LogP contribution in [0.5, 0.6) is 0 Å². The third kappa shape index (κ3) is 4.04. The summed E-state index contributed by atoms with van der Waals surface area (Å²) in [7, 11) is -3.91. The summed E-state index contributed by atoms with van der Waals surface area (Å²) in [4.78, 5) is 10.8. The predicted octanol–water partition coefficient (Wildman–Crippen LogP) is 1.31. The number of carbonyl (C=O) groups is 1. The van der Waals surface area contributed by atoms with Gasteiger partial charge >= 0.3 is 5.97 Å². The molecule has 0 bridgehead atoms. The van der Waals surface area contributed by atoms with Crippen molar-refractivity contribution in [3.05, 3.63) is 23.2 Å². The summed E-state index contributed by atoms with van der Waals surface area (Å²) in [6.45, 7) is 1.62. The second-order valence-electron chi connectivity index (χ2n) is 6.56. The first-order valence-corrected chi connectivity index (χ1v) is 11.0. The van der Waals surface area contributed by atoms with Crippen LogP contribution in [0.1, 0.15) is 19.8 Å². The van der Waals surface area contributed by atoms with Gasteiger partial charge in [0.15, 0.2) is 0 Å². The fraction of sp³-hybridized carbons (Fsp3) is 0.533. The van der Waals surface area contributed by atoms with E-state index in [1.54, 1.807) is 6.92 Å². The Labute approximate surface area is 158 Å². The standard InChI is InChI=1S/C15H21ClN2O6S2/c1-15(8-7-14(19)24-15)10-18(4)25(20,21)11-5-6-12(16)13(9-11)26(22,23)17(2)3/h5-6,9H,7-8,10H2,1-4H3. The molecule has 0 amide bonds. The van der Waals surface area contributed by atoms with Crippen LogP contribution in [0.4, 0.5) is 0 Å². The molecule has 1 aliphatic rings. The van der Waals surface area contributed by atoms with Gasteiger partial charge in [0.2, 0.25) is 20.0 Å². The lowest BCUT2D eigenvalue weighted by molar-refractivity contribution is -0.147. The highest BCUT2D eigenvalue weighted by molar-refractivity contribution is 7.90. The Morgan fingerprint density at radius 2 is 1.77 bits per heavy atom. The Hall–Kier alpha value is -1.20. The van der Waals surface area contributed by atoms with Crippen molar-refractivity contribution in [3.63, 3.8) is 0 Å². The topological polar surface area (TPSA) is 101 Å². The van der Waals surface area contributed by atoms with Crippen LogP contribution in [-0.2, 0) is 29.6 Å². The molecule has 0 saturated carbocycles. The van der Waals surface area contributed by atoms with Gasteiger partial charge in [0.1, 0.15) is 10.5 Å². The SMILES string of the molecule is CN(C)S(=O)(=O)c1cc(S(=O)(=O)N(C)CC2(C)CCC(=O)O2)ccc1Cl. The van der Waals surface area contributed by atoms with Gasteiger partial charge in [-0.25, -0.2) is 21.1 Å². The van der Waals surface area contributed by atoms with Gasteiger partial charge in [-0.05, 0) is 31.5 Å². The first kappa shape index (κ1) is 21.1.